The Balaban J connectivity index is 1.77. The van der Waals surface area contributed by atoms with Gasteiger partial charge in [-0.1, -0.05) is 12.1 Å². The minimum Gasteiger partial charge on any atom is -0.497 e. The number of methoxy groups -OCH3 is 1. The lowest BCUT2D eigenvalue weighted by Crippen LogP contribution is -2.41. The molecule has 3 N–H and O–H groups in total. The van der Waals surface area contributed by atoms with Gasteiger partial charge in [0.1, 0.15) is 5.75 Å². The molecule has 0 aliphatic heterocycles. The predicted octanol–water partition coefficient (Wildman–Crippen LogP) is 1.28. The first-order valence-electron chi connectivity index (χ1n) is 8.15. The summed E-state index contributed by atoms with van der Waals surface area (Å²) in [5, 5.41) is 9.36. The van der Waals surface area contributed by atoms with Crippen molar-refractivity contribution in [3.63, 3.8) is 0 Å². The first-order valence-corrected chi connectivity index (χ1v) is 8.15. The van der Waals surface area contributed by atoms with Gasteiger partial charge in [-0.25, -0.2) is 4.99 Å². The number of carbonyl (C=O) groups is 1. The molecule has 1 aromatic rings. The van der Waals surface area contributed by atoms with Crippen LogP contribution in [0.2, 0.25) is 0 Å². The number of hydrogen-bond donors (Lipinski definition) is 3. The summed E-state index contributed by atoms with van der Waals surface area (Å²) in [6.07, 6.45) is 2.06. The van der Waals surface area contributed by atoms with E-state index in [2.05, 4.69) is 20.9 Å². The van der Waals surface area contributed by atoms with Crippen molar-refractivity contribution in [3.8, 4) is 5.75 Å². The smallest absolute Gasteiger partial charge is 0.223 e. The second-order valence-corrected chi connectivity index (χ2v) is 5.54. The number of benzene rings is 1. The number of aliphatic imine (C=N–C) groups is 1. The number of amides is 1. The molecule has 1 aliphatic carbocycles. The highest BCUT2D eigenvalue weighted by Crippen LogP contribution is 2.28. The highest BCUT2D eigenvalue weighted by atomic mass is 16.5. The zero-order chi connectivity index (χ0) is 16.5. The van der Waals surface area contributed by atoms with Gasteiger partial charge < -0.3 is 20.7 Å². The summed E-state index contributed by atoms with van der Waals surface area (Å²) in [5.74, 6) is 2.00. The van der Waals surface area contributed by atoms with Crippen LogP contribution in [-0.4, -0.2) is 38.6 Å². The number of hydrogen-bond acceptors (Lipinski definition) is 3. The summed E-state index contributed by atoms with van der Waals surface area (Å²) in [5.41, 5.74) is 1.09. The Bertz CT molecular complexity index is 541. The molecule has 0 atom stereocenters. The SMILES string of the molecule is CCNC(=NCc1cccc(OC)c1)NCCNC(=O)C1CC1. The molecular formula is C17H26N4O2. The fraction of sp³-hybridized carbons (Fsp3) is 0.529. The highest BCUT2D eigenvalue weighted by Gasteiger charge is 2.28. The molecule has 0 unspecified atom stereocenters. The van der Waals surface area contributed by atoms with Crippen LogP contribution in [0.5, 0.6) is 5.75 Å². The van der Waals surface area contributed by atoms with Crippen LogP contribution in [0.25, 0.3) is 0 Å². The normalized spacial score (nSPS) is 14.3. The van der Waals surface area contributed by atoms with Gasteiger partial charge >= 0.3 is 0 Å². The lowest BCUT2D eigenvalue weighted by atomic mass is 10.2. The van der Waals surface area contributed by atoms with Gasteiger partial charge in [-0.2, -0.15) is 0 Å². The maximum Gasteiger partial charge on any atom is 0.223 e. The van der Waals surface area contributed by atoms with Gasteiger partial charge in [-0.3, -0.25) is 4.79 Å². The Hall–Kier alpha value is -2.24. The van der Waals surface area contributed by atoms with Crippen LogP contribution in [0.4, 0.5) is 0 Å². The first kappa shape index (κ1) is 17.1. The average molecular weight is 318 g/mol. The van der Waals surface area contributed by atoms with E-state index in [1.54, 1.807) is 7.11 Å². The largest absolute Gasteiger partial charge is 0.497 e. The molecule has 126 valence electrons. The van der Waals surface area contributed by atoms with Crippen LogP contribution in [0.1, 0.15) is 25.3 Å². The van der Waals surface area contributed by atoms with E-state index in [0.717, 1.165) is 36.7 Å². The van der Waals surface area contributed by atoms with Gasteiger partial charge in [0.25, 0.3) is 0 Å². The summed E-state index contributed by atoms with van der Waals surface area (Å²) in [4.78, 5) is 16.1. The van der Waals surface area contributed by atoms with E-state index >= 15 is 0 Å². The molecule has 1 saturated carbocycles. The maximum atomic E-state index is 11.6. The standard InChI is InChI=1S/C17H26N4O2/c1-3-18-17(20-10-9-19-16(22)14-7-8-14)21-12-13-5-4-6-15(11-13)23-2/h4-6,11,14H,3,7-10,12H2,1-2H3,(H,19,22)(H2,18,20,21). The summed E-state index contributed by atoms with van der Waals surface area (Å²) in [6.45, 7) is 4.65. The third kappa shape index (κ3) is 6.18. The van der Waals surface area contributed by atoms with Gasteiger partial charge in [0, 0.05) is 25.6 Å². The molecule has 0 saturated heterocycles. The fourth-order valence-corrected chi connectivity index (χ4v) is 2.14. The van der Waals surface area contributed by atoms with Gasteiger partial charge in [-0.05, 0) is 37.5 Å². The fourth-order valence-electron chi connectivity index (χ4n) is 2.14. The molecular weight excluding hydrogens is 292 g/mol. The molecule has 6 nitrogen and oxygen atoms in total. The third-order valence-corrected chi connectivity index (χ3v) is 3.56. The molecule has 1 amide bonds. The number of carbonyl (C=O) groups excluding carboxylic acids is 1. The van der Waals surface area contributed by atoms with Crippen LogP contribution in [0, 0.1) is 5.92 Å². The van der Waals surface area contributed by atoms with Crippen LogP contribution < -0.4 is 20.7 Å². The molecule has 2 rings (SSSR count). The Kier molecular flexibility index (Phi) is 6.72. The second kappa shape index (κ2) is 9.02. The van der Waals surface area contributed by atoms with Crippen LogP contribution in [0.15, 0.2) is 29.3 Å². The van der Waals surface area contributed by atoms with E-state index in [-0.39, 0.29) is 11.8 Å². The number of rotatable bonds is 8. The topological polar surface area (TPSA) is 74.8 Å². The summed E-state index contributed by atoms with van der Waals surface area (Å²) >= 11 is 0. The minimum atomic E-state index is 0.171. The Morgan fingerprint density at radius 1 is 1.26 bits per heavy atom. The van der Waals surface area contributed by atoms with Crippen molar-refractivity contribution in [2.24, 2.45) is 10.9 Å². The van der Waals surface area contributed by atoms with Crippen molar-refractivity contribution in [1.29, 1.82) is 0 Å². The molecule has 0 spiro atoms. The van der Waals surface area contributed by atoms with E-state index in [0.29, 0.717) is 19.6 Å². The van der Waals surface area contributed by atoms with Crippen molar-refractivity contribution >= 4 is 11.9 Å². The van der Waals surface area contributed by atoms with Gasteiger partial charge in [0.2, 0.25) is 5.91 Å². The van der Waals surface area contributed by atoms with Gasteiger partial charge in [-0.15, -0.1) is 0 Å². The Morgan fingerprint density at radius 3 is 2.74 bits per heavy atom. The van der Waals surface area contributed by atoms with E-state index < -0.39 is 0 Å². The van der Waals surface area contributed by atoms with Crippen LogP contribution >= 0.6 is 0 Å². The van der Waals surface area contributed by atoms with Gasteiger partial charge in [0.05, 0.1) is 13.7 Å². The Morgan fingerprint density at radius 2 is 2.04 bits per heavy atom. The highest BCUT2D eigenvalue weighted by molar-refractivity contribution is 5.81. The molecule has 0 heterocycles. The summed E-state index contributed by atoms with van der Waals surface area (Å²) in [7, 11) is 1.66. The quantitative estimate of drug-likeness (QED) is 0.383. The lowest BCUT2D eigenvalue weighted by Gasteiger charge is -2.12. The van der Waals surface area contributed by atoms with Crippen molar-refractivity contribution in [1.82, 2.24) is 16.0 Å². The lowest BCUT2D eigenvalue weighted by molar-refractivity contribution is -0.122. The molecule has 1 fully saturated rings. The number of guanidine groups is 1. The van der Waals surface area contributed by atoms with Gasteiger partial charge in [0.15, 0.2) is 5.96 Å². The maximum absolute atomic E-state index is 11.6. The summed E-state index contributed by atoms with van der Waals surface area (Å²) < 4.78 is 5.22. The Labute approximate surface area is 137 Å². The third-order valence-electron chi connectivity index (χ3n) is 3.56. The number of nitrogens with one attached hydrogen (secondary N) is 3. The minimum absolute atomic E-state index is 0.171. The second-order valence-electron chi connectivity index (χ2n) is 5.54. The van der Waals surface area contributed by atoms with E-state index in [1.165, 1.54) is 0 Å². The van der Waals surface area contributed by atoms with Crippen molar-refractivity contribution in [2.45, 2.75) is 26.3 Å². The van der Waals surface area contributed by atoms with E-state index in [4.69, 9.17) is 4.74 Å². The zero-order valence-corrected chi connectivity index (χ0v) is 13.9. The molecule has 0 aromatic heterocycles. The molecule has 6 heteroatoms. The average Bonchev–Trinajstić information content (AvgIpc) is 3.41. The first-order chi connectivity index (χ1) is 11.2. The van der Waals surface area contributed by atoms with Crippen molar-refractivity contribution < 1.29 is 9.53 Å². The van der Waals surface area contributed by atoms with E-state index in [9.17, 15) is 4.79 Å². The monoisotopic (exact) mass is 318 g/mol. The zero-order valence-electron chi connectivity index (χ0n) is 13.9. The van der Waals surface area contributed by atoms with Crippen molar-refractivity contribution in [2.75, 3.05) is 26.7 Å². The molecule has 0 bridgehead atoms. The van der Waals surface area contributed by atoms with Crippen LogP contribution in [0.3, 0.4) is 0 Å². The van der Waals surface area contributed by atoms with E-state index in [1.807, 2.05) is 31.2 Å². The van der Waals surface area contributed by atoms with Crippen LogP contribution in [-0.2, 0) is 11.3 Å². The summed E-state index contributed by atoms with van der Waals surface area (Å²) in [6, 6.07) is 7.87. The molecule has 23 heavy (non-hydrogen) atoms. The molecule has 0 radical (unpaired) electrons. The number of ether oxygens (including phenoxy) is 1. The van der Waals surface area contributed by atoms with Crippen molar-refractivity contribution in [3.05, 3.63) is 29.8 Å². The number of nitrogens with zero attached hydrogens (tertiary/aromatic N) is 1. The predicted molar refractivity (Wildman–Crippen MR) is 91.5 cm³/mol. The molecule has 1 aromatic carbocycles. The molecule has 1 aliphatic rings.